The molecule has 0 radical (unpaired) electrons. The van der Waals surface area contributed by atoms with Crippen molar-refractivity contribution in [2.75, 3.05) is 22.9 Å². The van der Waals surface area contributed by atoms with Crippen LogP contribution in [0.2, 0.25) is 0 Å². The Morgan fingerprint density at radius 2 is 1.44 bits per heavy atom. The summed E-state index contributed by atoms with van der Waals surface area (Å²) in [5, 5.41) is 0. The first-order chi connectivity index (χ1) is 11.9. The number of rotatable bonds is 6. The predicted octanol–water partition coefficient (Wildman–Crippen LogP) is 4.22. The summed E-state index contributed by atoms with van der Waals surface area (Å²) in [4.78, 5) is 28.1. The summed E-state index contributed by atoms with van der Waals surface area (Å²) in [6, 6.07) is 17.3. The van der Waals surface area contributed by atoms with Crippen LogP contribution in [-0.2, 0) is 9.59 Å². The molecule has 4 nitrogen and oxygen atoms in total. The van der Waals surface area contributed by atoms with E-state index in [0.717, 1.165) is 11.4 Å². The molecule has 0 aromatic heterocycles. The molecule has 0 aliphatic carbocycles. The van der Waals surface area contributed by atoms with Crippen LogP contribution in [0, 0.1) is 0 Å². The lowest BCUT2D eigenvalue weighted by Crippen LogP contribution is -2.42. The van der Waals surface area contributed by atoms with E-state index in [0.29, 0.717) is 12.5 Å². The monoisotopic (exact) mass is 338 g/mol. The maximum absolute atomic E-state index is 12.8. The minimum Gasteiger partial charge on any atom is -0.311 e. The Hall–Kier alpha value is -2.62. The number of hydrogen-bond donors (Lipinski definition) is 0. The smallest absolute Gasteiger partial charge is 0.247 e. The van der Waals surface area contributed by atoms with Crippen LogP contribution in [0.15, 0.2) is 54.6 Å². The van der Waals surface area contributed by atoms with Crippen LogP contribution in [0.5, 0.6) is 0 Å². The molecule has 2 aromatic rings. The molecule has 2 rings (SSSR count). The lowest BCUT2D eigenvalue weighted by molar-refractivity contribution is -0.121. The Labute approximate surface area is 150 Å². The molecule has 0 bridgehead atoms. The van der Waals surface area contributed by atoms with Gasteiger partial charge in [0.1, 0.15) is 6.54 Å². The van der Waals surface area contributed by atoms with Crippen molar-refractivity contribution >= 4 is 23.2 Å². The first-order valence-electron chi connectivity index (χ1n) is 8.67. The fourth-order valence-electron chi connectivity index (χ4n) is 2.76. The zero-order valence-electron chi connectivity index (χ0n) is 15.4. The molecule has 0 saturated carbocycles. The Balaban J connectivity index is 2.20. The molecule has 4 heteroatoms. The van der Waals surface area contributed by atoms with Crippen molar-refractivity contribution in [3.8, 4) is 0 Å². The molecule has 25 heavy (non-hydrogen) atoms. The quantitative estimate of drug-likeness (QED) is 0.791. The number of carbonyl (C=O) groups is 2. The highest BCUT2D eigenvalue weighted by Gasteiger charge is 2.20. The SMILES string of the molecule is CCN(C(=O)CN(C(C)=O)c1ccc(C(C)C)cc1)c1ccccc1. The third kappa shape index (κ3) is 4.69. The van der Waals surface area contributed by atoms with Crippen LogP contribution in [0.1, 0.15) is 39.2 Å². The minimum absolute atomic E-state index is 0.0269. The van der Waals surface area contributed by atoms with Crippen LogP contribution in [0.4, 0.5) is 11.4 Å². The average molecular weight is 338 g/mol. The van der Waals surface area contributed by atoms with Gasteiger partial charge in [0.15, 0.2) is 0 Å². The van der Waals surface area contributed by atoms with Gasteiger partial charge >= 0.3 is 0 Å². The lowest BCUT2D eigenvalue weighted by atomic mass is 10.0. The topological polar surface area (TPSA) is 40.6 Å². The number of benzene rings is 2. The zero-order chi connectivity index (χ0) is 18.4. The van der Waals surface area contributed by atoms with Gasteiger partial charge in [0, 0.05) is 24.8 Å². The van der Waals surface area contributed by atoms with Crippen LogP contribution >= 0.6 is 0 Å². The van der Waals surface area contributed by atoms with Crippen LogP contribution in [-0.4, -0.2) is 24.9 Å². The standard InChI is InChI=1S/C21H26N2O2/c1-5-22(19-9-7-6-8-10-19)21(25)15-23(17(4)24)20-13-11-18(12-14-20)16(2)3/h6-14,16H,5,15H2,1-4H3. The van der Waals surface area contributed by atoms with Gasteiger partial charge in [-0.2, -0.15) is 0 Å². The van der Waals surface area contributed by atoms with E-state index in [4.69, 9.17) is 0 Å². The fourth-order valence-corrected chi connectivity index (χ4v) is 2.76. The van der Waals surface area contributed by atoms with Gasteiger partial charge in [0.25, 0.3) is 0 Å². The molecule has 0 heterocycles. The summed E-state index contributed by atoms with van der Waals surface area (Å²) in [7, 11) is 0. The van der Waals surface area contributed by atoms with Gasteiger partial charge in [-0.05, 0) is 42.7 Å². The van der Waals surface area contributed by atoms with Gasteiger partial charge in [-0.3, -0.25) is 9.59 Å². The van der Waals surface area contributed by atoms with Crippen molar-refractivity contribution in [2.45, 2.75) is 33.6 Å². The second-order valence-electron chi connectivity index (χ2n) is 6.32. The molecule has 0 saturated heterocycles. The highest BCUT2D eigenvalue weighted by Crippen LogP contribution is 2.21. The number of amides is 2. The molecule has 0 aliphatic heterocycles. The summed E-state index contributed by atoms with van der Waals surface area (Å²) in [6.07, 6.45) is 0. The van der Waals surface area contributed by atoms with Crippen LogP contribution in [0.3, 0.4) is 0 Å². The Kier molecular flexibility index (Phi) is 6.34. The molecule has 0 atom stereocenters. The molecule has 132 valence electrons. The maximum Gasteiger partial charge on any atom is 0.247 e. The molecule has 0 spiro atoms. The Morgan fingerprint density at radius 3 is 1.92 bits per heavy atom. The van der Waals surface area contributed by atoms with Crippen molar-refractivity contribution in [1.82, 2.24) is 0 Å². The fraction of sp³-hybridized carbons (Fsp3) is 0.333. The van der Waals surface area contributed by atoms with Crippen molar-refractivity contribution in [2.24, 2.45) is 0 Å². The van der Waals surface area contributed by atoms with Crippen molar-refractivity contribution in [3.05, 3.63) is 60.2 Å². The third-order valence-electron chi connectivity index (χ3n) is 4.23. The molecule has 2 amide bonds. The van der Waals surface area contributed by atoms with Gasteiger partial charge < -0.3 is 9.80 Å². The number of para-hydroxylation sites is 1. The number of carbonyl (C=O) groups excluding carboxylic acids is 2. The first-order valence-corrected chi connectivity index (χ1v) is 8.67. The molecule has 0 unspecified atom stereocenters. The van der Waals surface area contributed by atoms with Gasteiger partial charge in [-0.1, -0.05) is 44.2 Å². The molecule has 0 aliphatic rings. The number of likely N-dealkylation sites (N-methyl/N-ethyl adjacent to an activating group) is 1. The van der Waals surface area contributed by atoms with E-state index < -0.39 is 0 Å². The van der Waals surface area contributed by atoms with Crippen molar-refractivity contribution in [1.29, 1.82) is 0 Å². The molecule has 0 fully saturated rings. The molecule has 2 aromatic carbocycles. The summed E-state index contributed by atoms with van der Waals surface area (Å²) in [6.45, 7) is 8.25. The zero-order valence-corrected chi connectivity index (χ0v) is 15.4. The van der Waals surface area contributed by atoms with Crippen molar-refractivity contribution in [3.63, 3.8) is 0 Å². The number of anilines is 2. The predicted molar refractivity (Wildman–Crippen MR) is 103 cm³/mol. The molecular weight excluding hydrogens is 312 g/mol. The summed E-state index contributed by atoms with van der Waals surface area (Å²) < 4.78 is 0. The van der Waals surface area contributed by atoms with E-state index in [-0.39, 0.29) is 18.4 Å². The third-order valence-corrected chi connectivity index (χ3v) is 4.23. The van der Waals surface area contributed by atoms with Gasteiger partial charge in [0.2, 0.25) is 11.8 Å². The van der Waals surface area contributed by atoms with E-state index in [1.54, 1.807) is 4.90 Å². The van der Waals surface area contributed by atoms with Crippen LogP contribution in [0.25, 0.3) is 0 Å². The van der Waals surface area contributed by atoms with E-state index in [2.05, 4.69) is 13.8 Å². The summed E-state index contributed by atoms with van der Waals surface area (Å²) in [5.74, 6) is 0.182. The summed E-state index contributed by atoms with van der Waals surface area (Å²) in [5.41, 5.74) is 2.79. The van der Waals surface area contributed by atoms with Crippen molar-refractivity contribution < 1.29 is 9.59 Å². The highest BCUT2D eigenvalue weighted by molar-refractivity contribution is 6.02. The lowest BCUT2D eigenvalue weighted by Gasteiger charge is -2.26. The second kappa shape index (κ2) is 8.47. The van der Waals surface area contributed by atoms with E-state index >= 15 is 0 Å². The van der Waals surface area contributed by atoms with E-state index in [1.165, 1.54) is 17.4 Å². The average Bonchev–Trinajstić information content (AvgIpc) is 2.61. The van der Waals surface area contributed by atoms with Gasteiger partial charge in [0.05, 0.1) is 0 Å². The Morgan fingerprint density at radius 1 is 0.880 bits per heavy atom. The summed E-state index contributed by atoms with van der Waals surface area (Å²) >= 11 is 0. The molecular formula is C21H26N2O2. The van der Waals surface area contributed by atoms with Crippen LogP contribution < -0.4 is 9.80 Å². The first kappa shape index (κ1) is 18.7. The van der Waals surface area contributed by atoms with E-state index in [9.17, 15) is 9.59 Å². The van der Waals surface area contributed by atoms with E-state index in [1.807, 2.05) is 61.5 Å². The Bertz CT molecular complexity index is 708. The largest absolute Gasteiger partial charge is 0.311 e. The minimum atomic E-state index is -0.144. The van der Waals surface area contributed by atoms with Gasteiger partial charge in [-0.15, -0.1) is 0 Å². The number of hydrogen-bond acceptors (Lipinski definition) is 2. The molecule has 0 N–H and O–H groups in total. The highest BCUT2D eigenvalue weighted by atomic mass is 16.2. The number of nitrogens with zero attached hydrogens (tertiary/aromatic N) is 2. The normalized spacial score (nSPS) is 10.6. The maximum atomic E-state index is 12.8. The van der Waals surface area contributed by atoms with Gasteiger partial charge in [-0.25, -0.2) is 0 Å². The second-order valence-corrected chi connectivity index (χ2v) is 6.32.